The Kier molecular flexibility index (Phi) is 26.7. The van der Waals surface area contributed by atoms with Gasteiger partial charge in [0.2, 0.25) is 0 Å². The molecule has 3 nitrogen and oxygen atoms in total. The van der Waals surface area contributed by atoms with Gasteiger partial charge in [0, 0.05) is 19.6 Å². The Balaban J connectivity index is 4.04. The molecule has 0 spiro atoms. The van der Waals surface area contributed by atoms with Gasteiger partial charge in [-0.15, -0.1) is 0 Å². The number of rotatable bonds is 30. The van der Waals surface area contributed by atoms with E-state index < -0.39 is 5.60 Å². The number of unbranched alkanes of at least 4 members (excludes halogenated alkanes) is 14. The van der Waals surface area contributed by atoms with Gasteiger partial charge in [-0.25, -0.2) is 0 Å². The molecule has 0 rings (SSSR count). The van der Waals surface area contributed by atoms with Crippen molar-refractivity contribution in [3.63, 3.8) is 0 Å². The van der Waals surface area contributed by atoms with Crippen LogP contribution in [0.25, 0.3) is 0 Å². The van der Waals surface area contributed by atoms with Crippen LogP contribution in [0, 0.1) is 17.8 Å². The molecule has 1 atom stereocenters. The highest BCUT2D eigenvalue weighted by Crippen LogP contribution is 2.21. The average molecular weight is 555 g/mol. The monoisotopic (exact) mass is 555 g/mol. The molecule has 0 amide bonds. The first-order valence-corrected chi connectivity index (χ1v) is 17.6. The Morgan fingerprint density at radius 3 is 1.21 bits per heavy atom. The van der Waals surface area contributed by atoms with E-state index in [4.69, 9.17) is 9.47 Å². The highest BCUT2D eigenvalue weighted by atomic mass is 16.7. The zero-order valence-corrected chi connectivity index (χ0v) is 28.0. The van der Waals surface area contributed by atoms with Gasteiger partial charge >= 0.3 is 0 Å². The van der Waals surface area contributed by atoms with Gasteiger partial charge in [0.25, 0.3) is 0 Å². The van der Waals surface area contributed by atoms with Gasteiger partial charge in [-0.2, -0.15) is 0 Å². The summed E-state index contributed by atoms with van der Waals surface area (Å²) in [6.45, 7) is 17.1. The smallest absolute Gasteiger partial charge is 0.157 e. The number of hydrogen-bond acceptors (Lipinski definition) is 3. The Hall–Kier alpha value is -0.120. The van der Waals surface area contributed by atoms with E-state index in [0.717, 1.165) is 63.6 Å². The van der Waals surface area contributed by atoms with E-state index in [1.165, 1.54) is 103 Å². The molecule has 0 saturated carbocycles. The zero-order valence-electron chi connectivity index (χ0n) is 28.0. The summed E-state index contributed by atoms with van der Waals surface area (Å²) in [6, 6.07) is 0. The van der Waals surface area contributed by atoms with E-state index in [1.54, 1.807) is 0 Å². The minimum absolute atomic E-state index is 0.0657. The van der Waals surface area contributed by atoms with Gasteiger partial charge in [-0.1, -0.05) is 150 Å². The molecule has 1 unspecified atom stereocenters. The molecule has 0 heterocycles. The Labute approximate surface area is 247 Å². The van der Waals surface area contributed by atoms with Crippen LogP contribution in [0.15, 0.2) is 0 Å². The van der Waals surface area contributed by atoms with Crippen molar-refractivity contribution in [1.29, 1.82) is 0 Å². The summed E-state index contributed by atoms with van der Waals surface area (Å²) >= 11 is 0. The second-order valence-electron chi connectivity index (χ2n) is 14.2. The number of aliphatic hydroxyl groups is 1. The van der Waals surface area contributed by atoms with Crippen LogP contribution in [-0.2, 0) is 9.47 Å². The molecule has 236 valence electrons. The van der Waals surface area contributed by atoms with Crippen LogP contribution in [0.2, 0.25) is 0 Å². The molecule has 39 heavy (non-hydrogen) atoms. The molecule has 0 saturated heterocycles. The molecule has 0 fully saturated rings. The molecule has 3 heteroatoms. The van der Waals surface area contributed by atoms with Gasteiger partial charge in [0.1, 0.15) is 0 Å². The maximum absolute atomic E-state index is 10.0. The summed E-state index contributed by atoms with van der Waals surface area (Å²) in [5.41, 5.74) is -0.561. The summed E-state index contributed by atoms with van der Waals surface area (Å²) in [7, 11) is 0. The molecular formula is C36H74O3. The first kappa shape index (κ1) is 38.9. The van der Waals surface area contributed by atoms with Crippen LogP contribution in [-0.4, -0.2) is 30.2 Å². The topological polar surface area (TPSA) is 38.7 Å². The minimum atomic E-state index is -0.561. The van der Waals surface area contributed by atoms with Crippen molar-refractivity contribution < 1.29 is 14.6 Å². The van der Waals surface area contributed by atoms with Crippen LogP contribution in [0.5, 0.6) is 0 Å². The standard InChI is InChI=1S/C36H74O3/c1-32(2)25-20-16-12-8-10-14-18-22-29-38-35(31-34(5)27-24-28-36(6,7)37)39-30-23-19-15-11-9-13-17-21-26-33(3)4/h32-35,37H,8-31H2,1-7H3. The van der Waals surface area contributed by atoms with Gasteiger partial charge in [-0.3, -0.25) is 0 Å². The zero-order chi connectivity index (χ0) is 29.2. The predicted octanol–water partition coefficient (Wildman–Crippen LogP) is 11.6. The van der Waals surface area contributed by atoms with E-state index >= 15 is 0 Å². The predicted molar refractivity (Wildman–Crippen MR) is 172 cm³/mol. The lowest BCUT2D eigenvalue weighted by atomic mass is 9.95. The minimum Gasteiger partial charge on any atom is -0.390 e. The van der Waals surface area contributed by atoms with E-state index in [1.807, 2.05) is 13.8 Å². The average Bonchev–Trinajstić information content (AvgIpc) is 2.84. The summed E-state index contributed by atoms with van der Waals surface area (Å²) < 4.78 is 12.5. The Morgan fingerprint density at radius 2 is 0.846 bits per heavy atom. The highest BCUT2D eigenvalue weighted by molar-refractivity contribution is 4.66. The van der Waals surface area contributed by atoms with Crippen molar-refractivity contribution >= 4 is 0 Å². The van der Waals surface area contributed by atoms with Crippen molar-refractivity contribution in [2.75, 3.05) is 13.2 Å². The normalized spacial score (nSPS) is 13.3. The first-order valence-electron chi connectivity index (χ1n) is 17.6. The maximum Gasteiger partial charge on any atom is 0.157 e. The second-order valence-corrected chi connectivity index (χ2v) is 14.2. The molecule has 0 aliphatic rings. The molecule has 0 aromatic rings. The second kappa shape index (κ2) is 26.8. The quantitative estimate of drug-likeness (QED) is 0.0708. The van der Waals surface area contributed by atoms with Crippen molar-refractivity contribution in [2.45, 2.75) is 202 Å². The number of ether oxygens (including phenoxy) is 2. The van der Waals surface area contributed by atoms with E-state index in [9.17, 15) is 5.11 Å². The lowest BCUT2D eigenvalue weighted by molar-refractivity contribution is -0.153. The molecule has 0 radical (unpaired) electrons. The van der Waals surface area contributed by atoms with Crippen LogP contribution >= 0.6 is 0 Å². The third-order valence-corrected chi connectivity index (χ3v) is 8.04. The lowest BCUT2D eigenvalue weighted by Crippen LogP contribution is -2.22. The van der Waals surface area contributed by atoms with E-state index in [2.05, 4.69) is 34.6 Å². The molecule has 1 N–H and O–H groups in total. The summed E-state index contributed by atoms with van der Waals surface area (Å²) in [4.78, 5) is 0. The van der Waals surface area contributed by atoms with Crippen molar-refractivity contribution in [3.05, 3.63) is 0 Å². The maximum atomic E-state index is 10.0. The van der Waals surface area contributed by atoms with Gasteiger partial charge in [0.05, 0.1) is 5.60 Å². The third-order valence-electron chi connectivity index (χ3n) is 8.04. The summed E-state index contributed by atoms with van der Waals surface area (Å²) in [5, 5.41) is 10.0. The van der Waals surface area contributed by atoms with E-state index in [-0.39, 0.29) is 6.29 Å². The molecule has 0 aliphatic heterocycles. The van der Waals surface area contributed by atoms with Crippen LogP contribution < -0.4 is 0 Å². The highest BCUT2D eigenvalue weighted by Gasteiger charge is 2.17. The van der Waals surface area contributed by atoms with Gasteiger partial charge in [-0.05, 0) is 50.9 Å². The van der Waals surface area contributed by atoms with E-state index in [0.29, 0.717) is 5.92 Å². The largest absolute Gasteiger partial charge is 0.390 e. The fourth-order valence-electron chi connectivity index (χ4n) is 5.37. The SMILES string of the molecule is CC(C)CCCCCCCCCCOC(CC(C)CCCC(C)(C)O)OCCCCCCCCCCC(C)C. The molecule has 0 aliphatic carbocycles. The Morgan fingerprint density at radius 1 is 0.487 bits per heavy atom. The summed E-state index contributed by atoms with van der Waals surface area (Å²) in [6.07, 6.45) is 28.2. The van der Waals surface area contributed by atoms with Crippen LogP contribution in [0.3, 0.4) is 0 Å². The van der Waals surface area contributed by atoms with Gasteiger partial charge < -0.3 is 14.6 Å². The van der Waals surface area contributed by atoms with Crippen molar-refractivity contribution in [2.24, 2.45) is 17.8 Å². The van der Waals surface area contributed by atoms with Crippen molar-refractivity contribution in [3.8, 4) is 0 Å². The van der Waals surface area contributed by atoms with Crippen LogP contribution in [0.1, 0.15) is 190 Å². The Bertz CT molecular complexity index is 452. The third kappa shape index (κ3) is 32.3. The van der Waals surface area contributed by atoms with Gasteiger partial charge in [0.15, 0.2) is 6.29 Å². The molecular weight excluding hydrogens is 480 g/mol. The fraction of sp³-hybridized carbons (Fsp3) is 1.00. The summed E-state index contributed by atoms with van der Waals surface area (Å²) in [5.74, 6) is 2.27. The fourth-order valence-corrected chi connectivity index (χ4v) is 5.37. The molecule has 0 aromatic carbocycles. The lowest BCUT2D eigenvalue weighted by Gasteiger charge is -2.23. The molecule has 0 aromatic heterocycles. The van der Waals surface area contributed by atoms with Crippen molar-refractivity contribution in [1.82, 2.24) is 0 Å². The first-order chi connectivity index (χ1) is 18.6. The molecule has 0 bridgehead atoms. The van der Waals surface area contributed by atoms with Crippen LogP contribution in [0.4, 0.5) is 0 Å². The number of hydrogen-bond donors (Lipinski definition) is 1.